The van der Waals surface area contributed by atoms with Gasteiger partial charge in [-0.2, -0.15) is 0 Å². The third-order valence-corrected chi connectivity index (χ3v) is 3.76. The van der Waals surface area contributed by atoms with E-state index in [9.17, 15) is 0 Å². The van der Waals surface area contributed by atoms with Crippen molar-refractivity contribution >= 4 is 5.96 Å². The monoisotopic (exact) mass is 289 g/mol. The molecule has 2 N–H and O–H groups in total. The zero-order valence-electron chi connectivity index (χ0n) is 13.2. The number of benzene rings is 1. The molecular weight excluding hydrogens is 262 g/mol. The topological polar surface area (TPSA) is 45.7 Å². The first-order valence-electron chi connectivity index (χ1n) is 8.02. The van der Waals surface area contributed by atoms with Crippen molar-refractivity contribution in [2.24, 2.45) is 4.99 Å². The average molecular weight is 289 g/mol. The molecule has 1 aliphatic rings. The van der Waals surface area contributed by atoms with Gasteiger partial charge in [-0.05, 0) is 30.0 Å². The first-order valence-corrected chi connectivity index (χ1v) is 8.02. The van der Waals surface area contributed by atoms with Crippen molar-refractivity contribution in [3.05, 3.63) is 29.3 Å². The maximum Gasteiger partial charge on any atom is 0.190 e. The fraction of sp³-hybridized carbons (Fsp3) is 0.588. The van der Waals surface area contributed by atoms with Crippen LogP contribution in [0, 0.1) is 0 Å². The molecule has 0 aromatic heterocycles. The molecule has 0 bridgehead atoms. The Bertz CT molecular complexity index is 471. The molecule has 0 saturated carbocycles. The summed E-state index contributed by atoms with van der Waals surface area (Å²) in [6, 6.07) is 6.51. The van der Waals surface area contributed by atoms with Crippen LogP contribution in [-0.2, 0) is 12.8 Å². The van der Waals surface area contributed by atoms with Gasteiger partial charge in [0.25, 0.3) is 0 Å². The Morgan fingerprint density at radius 1 is 1.24 bits per heavy atom. The molecular formula is C17H27N3O. The maximum absolute atomic E-state index is 5.53. The summed E-state index contributed by atoms with van der Waals surface area (Å²) in [5.74, 6) is 1.95. The van der Waals surface area contributed by atoms with Crippen LogP contribution in [-0.4, -0.2) is 32.7 Å². The number of unbranched alkanes of at least 4 members (excludes halogenated alkanes) is 2. The number of nitrogens with one attached hydrogen (secondary N) is 2. The molecule has 2 rings (SSSR count). The van der Waals surface area contributed by atoms with Crippen LogP contribution >= 0.6 is 0 Å². The number of guanidine groups is 1. The molecule has 0 saturated heterocycles. The van der Waals surface area contributed by atoms with Crippen LogP contribution in [0.4, 0.5) is 0 Å². The molecule has 0 fully saturated rings. The number of aliphatic imine (C=N–C) groups is 1. The lowest BCUT2D eigenvalue weighted by Crippen LogP contribution is -2.38. The summed E-state index contributed by atoms with van der Waals surface area (Å²) in [5.41, 5.74) is 2.70. The van der Waals surface area contributed by atoms with E-state index in [2.05, 4.69) is 40.7 Å². The van der Waals surface area contributed by atoms with Crippen LogP contribution in [0.3, 0.4) is 0 Å². The molecule has 1 aromatic carbocycles. The quantitative estimate of drug-likeness (QED) is 0.460. The van der Waals surface area contributed by atoms with Crippen LogP contribution in [0.1, 0.15) is 37.3 Å². The second-order valence-corrected chi connectivity index (χ2v) is 5.42. The normalized spacial score (nSPS) is 13.7. The largest absolute Gasteiger partial charge is 0.493 e. The molecule has 0 spiro atoms. The second kappa shape index (κ2) is 8.55. The number of rotatable bonds is 7. The van der Waals surface area contributed by atoms with E-state index in [4.69, 9.17) is 4.74 Å². The smallest absolute Gasteiger partial charge is 0.190 e. The van der Waals surface area contributed by atoms with Crippen molar-refractivity contribution in [1.29, 1.82) is 0 Å². The van der Waals surface area contributed by atoms with Crippen molar-refractivity contribution in [3.8, 4) is 5.75 Å². The lowest BCUT2D eigenvalue weighted by atomic mass is 10.1. The Morgan fingerprint density at radius 3 is 2.90 bits per heavy atom. The minimum Gasteiger partial charge on any atom is -0.493 e. The molecule has 116 valence electrons. The predicted octanol–water partition coefficient (Wildman–Crippen LogP) is 2.52. The maximum atomic E-state index is 5.53. The Kier molecular flexibility index (Phi) is 6.38. The highest BCUT2D eigenvalue weighted by atomic mass is 16.5. The Balaban J connectivity index is 1.70. The molecule has 0 atom stereocenters. The van der Waals surface area contributed by atoms with E-state index in [0.717, 1.165) is 44.2 Å². The van der Waals surface area contributed by atoms with Gasteiger partial charge in [0.05, 0.1) is 6.61 Å². The minimum atomic E-state index is 0.825. The van der Waals surface area contributed by atoms with Crippen LogP contribution in [0.2, 0.25) is 0 Å². The minimum absolute atomic E-state index is 0.825. The van der Waals surface area contributed by atoms with Crippen molar-refractivity contribution in [2.45, 2.75) is 39.0 Å². The van der Waals surface area contributed by atoms with Gasteiger partial charge in [0.15, 0.2) is 5.96 Å². The average Bonchev–Trinajstić information content (AvgIpc) is 2.97. The SMILES string of the molecule is CCCCCNC(=NC)NCCc1ccc2c(c1)CCO2. The zero-order chi connectivity index (χ0) is 14.9. The zero-order valence-corrected chi connectivity index (χ0v) is 13.2. The Labute approximate surface area is 128 Å². The molecule has 4 nitrogen and oxygen atoms in total. The summed E-state index contributed by atoms with van der Waals surface area (Å²) < 4.78 is 5.53. The molecule has 0 unspecified atom stereocenters. The van der Waals surface area contributed by atoms with Crippen molar-refractivity contribution in [3.63, 3.8) is 0 Å². The fourth-order valence-corrected chi connectivity index (χ4v) is 2.52. The molecule has 4 heteroatoms. The summed E-state index contributed by atoms with van der Waals surface area (Å²) in [5, 5.41) is 6.72. The number of hydrogen-bond acceptors (Lipinski definition) is 2. The predicted molar refractivity (Wildman–Crippen MR) is 88.2 cm³/mol. The van der Waals surface area contributed by atoms with Crippen LogP contribution in [0.25, 0.3) is 0 Å². The second-order valence-electron chi connectivity index (χ2n) is 5.42. The highest BCUT2D eigenvalue weighted by Gasteiger charge is 2.11. The van der Waals surface area contributed by atoms with Gasteiger partial charge < -0.3 is 15.4 Å². The van der Waals surface area contributed by atoms with E-state index >= 15 is 0 Å². The molecule has 0 amide bonds. The molecule has 1 aliphatic heterocycles. The molecule has 0 aliphatic carbocycles. The van der Waals surface area contributed by atoms with Gasteiger partial charge in [0.2, 0.25) is 0 Å². The van der Waals surface area contributed by atoms with Gasteiger partial charge in [-0.25, -0.2) is 0 Å². The van der Waals surface area contributed by atoms with Crippen molar-refractivity contribution in [2.75, 3.05) is 26.7 Å². The first-order chi connectivity index (χ1) is 10.3. The summed E-state index contributed by atoms with van der Waals surface area (Å²) in [4.78, 5) is 4.25. The van der Waals surface area contributed by atoms with Gasteiger partial charge >= 0.3 is 0 Å². The number of fused-ring (bicyclic) bond motifs is 1. The van der Waals surface area contributed by atoms with E-state index in [-0.39, 0.29) is 0 Å². The standard InChI is InChI=1S/C17H27N3O/c1-3-4-5-10-19-17(18-2)20-11-8-14-6-7-16-15(13-14)9-12-21-16/h6-7,13H,3-5,8-12H2,1-2H3,(H2,18,19,20). The van der Waals surface area contributed by atoms with Crippen LogP contribution in [0.5, 0.6) is 5.75 Å². The van der Waals surface area contributed by atoms with Gasteiger partial charge in [-0.1, -0.05) is 31.9 Å². The van der Waals surface area contributed by atoms with Crippen LogP contribution in [0.15, 0.2) is 23.2 Å². The summed E-state index contributed by atoms with van der Waals surface area (Å²) >= 11 is 0. The van der Waals surface area contributed by atoms with Crippen molar-refractivity contribution < 1.29 is 4.74 Å². The molecule has 1 heterocycles. The Hall–Kier alpha value is -1.71. The lowest BCUT2D eigenvalue weighted by Gasteiger charge is -2.12. The van der Waals surface area contributed by atoms with Gasteiger partial charge in [-0.15, -0.1) is 0 Å². The first kappa shape index (κ1) is 15.7. The molecule has 21 heavy (non-hydrogen) atoms. The summed E-state index contributed by atoms with van der Waals surface area (Å²) in [6.07, 6.45) is 5.75. The summed E-state index contributed by atoms with van der Waals surface area (Å²) in [7, 11) is 1.82. The number of ether oxygens (including phenoxy) is 1. The third kappa shape index (κ3) is 4.96. The van der Waals surface area contributed by atoms with Gasteiger partial charge in [0.1, 0.15) is 5.75 Å². The van der Waals surface area contributed by atoms with E-state index in [1.807, 2.05) is 7.05 Å². The number of hydrogen-bond donors (Lipinski definition) is 2. The van der Waals surface area contributed by atoms with E-state index in [1.165, 1.54) is 30.4 Å². The summed E-state index contributed by atoms with van der Waals surface area (Å²) in [6.45, 7) is 4.93. The fourth-order valence-electron chi connectivity index (χ4n) is 2.52. The third-order valence-electron chi connectivity index (χ3n) is 3.76. The van der Waals surface area contributed by atoms with Crippen molar-refractivity contribution in [1.82, 2.24) is 10.6 Å². The van der Waals surface area contributed by atoms with Gasteiger partial charge in [-0.3, -0.25) is 4.99 Å². The number of nitrogens with zero attached hydrogens (tertiary/aromatic N) is 1. The highest BCUT2D eigenvalue weighted by Crippen LogP contribution is 2.25. The van der Waals surface area contributed by atoms with E-state index < -0.39 is 0 Å². The van der Waals surface area contributed by atoms with Crippen LogP contribution < -0.4 is 15.4 Å². The molecule has 0 radical (unpaired) electrons. The van der Waals surface area contributed by atoms with E-state index in [1.54, 1.807) is 0 Å². The highest BCUT2D eigenvalue weighted by molar-refractivity contribution is 5.79. The van der Waals surface area contributed by atoms with E-state index in [0.29, 0.717) is 0 Å². The Morgan fingerprint density at radius 2 is 2.10 bits per heavy atom. The molecule has 1 aromatic rings. The van der Waals surface area contributed by atoms with Gasteiger partial charge in [0, 0.05) is 26.6 Å². The lowest BCUT2D eigenvalue weighted by molar-refractivity contribution is 0.357.